The molecule has 2 rings (SSSR count). The van der Waals surface area contributed by atoms with Crippen molar-refractivity contribution < 1.29 is 5.11 Å². The summed E-state index contributed by atoms with van der Waals surface area (Å²) in [5, 5.41) is 11.2. The van der Waals surface area contributed by atoms with Crippen LogP contribution >= 0.6 is 25.3 Å². The van der Waals surface area contributed by atoms with E-state index in [1.54, 1.807) is 12.1 Å². The number of nitrogen functional groups attached to an aromatic ring is 1. The summed E-state index contributed by atoms with van der Waals surface area (Å²) in [6.45, 7) is 0. The van der Waals surface area contributed by atoms with Gasteiger partial charge in [-0.1, -0.05) is 0 Å². The van der Waals surface area contributed by atoms with Crippen molar-refractivity contribution in [2.75, 3.05) is 5.73 Å². The standard InChI is InChI=1S/C10H9NOS2/c11-8-3-6(13)1-5-2-7(14)4-9(12)10(5)8/h1-4,12-14H,11H2. The maximum atomic E-state index is 9.67. The Labute approximate surface area is 92.6 Å². The van der Waals surface area contributed by atoms with Crippen LogP contribution < -0.4 is 5.73 Å². The molecular weight excluding hydrogens is 214 g/mol. The molecule has 0 aliphatic heterocycles. The molecule has 2 aromatic rings. The molecule has 0 saturated heterocycles. The summed E-state index contributed by atoms with van der Waals surface area (Å²) in [6, 6.07) is 6.96. The van der Waals surface area contributed by atoms with Crippen molar-refractivity contribution in [3.8, 4) is 5.75 Å². The van der Waals surface area contributed by atoms with Gasteiger partial charge in [0.05, 0.1) is 0 Å². The van der Waals surface area contributed by atoms with E-state index in [0.717, 1.165) is 10.3 Å². The Morgan fingerprint density at radius 2 is 1.57 bits per heavy atom. The Hall–Kier alpha value is -1.00. The summed E-state index contributed by atoms with van der Waals surface area (Å²) in [5.74, 6) is 0.151. The van der Waals surface area contributed by atoms with E-state index < -0.39 is 0 Å². The molecule has 0 amide bonds. The fraction of sp³-hybridized carbons (Fsp3) is 0. The highest BCUT2D eigenvalue weighted by atomic mass is 32.1. The lowest BCUT2D eigenvalue weighted by molar-refractivity contribution is 0.480. The van der Waals surface area contributed by atoms with E-state index in [-0.39, 0.29) is 5.75 Å². The summed E-state index contributed by atoms with van der Waals surface area (Å²) in [6.07, 6.45) is 0. The SMILES string of the molecule is Nc1cc(S)cc2cc(S)cc(O)c12. The topological polar surface area (TPSA) is 46.2 Å². The largest absolute Gasteiger partial charge is 0.507 e. The monoisotopic (exact) mass is 223 g/mol. The van der Waals surface area contributed by atoms with Crippen LogP contribution in [0.1, 0.15) is 0 Å². The van der Waals surface area contributed by atoms with Crippen LogP contribution in [0, 0.1) is 0 Å². The van der Waals surface area contributed by atoms with Crippen molar-refractivity contribution in [1.29, 1.82) is 0 Å². The zero-order valence-corrected chi connectivity index (χ0v) is 9.02. The first kappa shape index (κ1) is 9.55. The number of nitrogens with two attached hydrogens (primary N) is 1. The van der Waals surface area contributed by atoms with Crippen molar-refractivity contribution in [3.63, 3.8) is 0 Å². The Bertz CT molecular complexity index is 468. The van der Waals surface area contributed by atoms with Crippen LogP contribution in [0.15, 0.2) is 34.1 Å². The molecule has 0 saturated carbocycles. The van der Waals surface area contributed by atoms with Crippen LogP contribution in [-0.4, -0.2) is 5.11 Å². The van der Waals surface area contributed by atoms with E-state index in [9.17, 15) is 5.11 Å². The number of anilines is 1. The number of hydrogen-bond acceptors (Lipinski definition) is 4. The highest BCUT2D eigenvalue weighted by Crippen LogP contribution is 2.34. The van der Waals surface area contributed by atoms with Gasteiger partial charge < -0.3 is 10.8 Å². The van der Waals surface area contributed by atoms with Crippen molar-refractivity contribution in [3.05, 3.63) is 24.3 Å². The molecule has 0 aromatic heterocycles. The Morgan fingerprint density at radius 3 is 2.21 bits per heavy atom. The third kappa shape index (κ3) is 1.51. The number of rotatable bonds is 0. The molecule has 3 N–H and O–H groups in total. The predicted octanol–water partition coefficient (Wildman–Crippen LogP) is 2.70. The quantitative estimate of drug-likeness (QED) is 0.410. The highest BCUT2D eigenvalue weighted by Gasteiger charge is 2.05. The van der Waals surface area contributed by atoms with Gasteiger partial charge in [0.2, 0.25) is 0 Å². The summed E-state index contributed by atoms with van der Waals surface area (Å²) < 4.78 is 0. The van der Waals surface area contributed by atoms with Crippen LogP contribution in [0.3, 0.4) is 0 Å². The van der Waals surface area contributed by atoms with E-state index in [4.69, 9.17) is 5.73 Å². The second kappa shape index (κ2) is 3.29. The number of hydrogen-bond donors (Lipinski definition) is 4. The second-order valence-corrected chi connectivity index (χ2v) is 4.13. The smallest absolute Gasteiger partial charge is 0.126 e. The summed E-state index contributed by atoms with van der Waals surface area (Å²) in [7, 11) is 0. The molecule has 0 heterocycles. The van der Waals surface area contributed by atoms with E-state index >= 15 is 0 Å². The van der Waals surface area contributed by atoms with Gasteiger partial charge in [0.1, 0.15) is 5.75 Å². The molecule has 0 radical (unpaired) electrons. The molecule has 0 aliphatic rings. The summed E-state index contributed by atoms with van der Waals surface area (Å²) in [4.78, 5) is 1.47. The van der Waals surface area contributed by atoms with Gasteiger partial charge in [0.15, 0.2) is 0 Å². The Morgan fingerprint density at radius 1 is 1.00 bits per heavy atom. The fourth-order valence-corrected chi connectivity index (χ4v) is 2.03. The number of phenols is 1. The minimum Gasteiger partial charge on any atom is -0.507 e. The number of aromatic hydroxyl groups is 1. The molecular formula is C10H9NOS2. The lowest BCUT2D eigenvalue weighted by Gasteiger charge is -2.06. The molecule has 0 atom stereocenters. The summed E-state index contributed by atoms with van der Waals surface area (Å²) in [5.41, 5.74) is 6.30. The van der Waals surface area contributed by atoms with E-state index in [1.807, 2.05) is 12.1 Å². The van der Waals surface area contributed by atoms with Crippen LogP contribution in [-0.2, 0) is 0 Å². The minimum atomic E-state index is 0.151. The van der Waals surface area contributed by atoms with Gasteiger partial charge in [0, 0.05) is 20.9 Å². The average molecular weight is 223 g/mol. The molecule has 14 heavy (non-hydrogen) atoms. The van der Waals surface area contributed by atoms with Gasteiger partial charge >= 0.3 is 0 Å². The Balaban J connectivity index is 2.94. The van der Waals surface area contributed by atoms with E-state index in [0.29, 0.717) is 16.0 Å². The first-order chi connectivity index (χ1) is 6.58. The third-order valence-electron chi connectivity index (χ3n) is 2.03. The van der Waals surface area contributed by atoms with Crippen LogP contribution in [0.25, 0.3) is 10.8 Å². The number of phenolic OH excluding ortho intramolecular Hbond substituents is 1. The van der Waals surface area contributed by atoms with Gasteiger partial charge in [0.25, 0.3) is 0 Å². The van der Waals surface area contributed by atoms with Gasteiger partial charge in [-0.25, -0.2) is 0 Å². The number of fused-ring (bicyclic) bond motifs is 1. The van der Waals surface area contributed by atoms with Gasteiger partial charge in [-0.15, -0.1) is 25.3 Å². The first-order valence-corrected chi connectivity index (χ1v) is 4.91. The number of thiol groups is 2. The van der Waals surface area contributed by atoms with Crippen LogP contribution in [0.2, 0.25) is 0 Å². The van der Waals surface area contributed by atoms with Crippen molar-refractivity contribution >= 4 is 41.7 Å². The zero-order valence-electron chi connectivity index (χ0n) is 7.23. The first-order valence-electron chi connectivity index (χ1n) is 4.02. The minimum absolute atomic E-state index is 0.151. The lowest BCUT2D eigenvalue weighted by atomic mass is 10.1. The molecule has 2 aromatic carbocycles. The second-order valence-electron chi connectivity index (χ2n) is 3.10. The zero-order chi connectivity index (χ0) is 10.3. The Kier molecular flexibility index (Phi) is 2.25. The molecule has 0 unspecified atom stereocenters. The summed E-state index contributed by atoms with van der Waals surface area (Å²) >= 11 is 8.38. The molecule has 2 nitrogen and oxygen atoms in total. The van der Waals surface area contributed by atoms with Crippen molar-refractivity contribution in [2.24, 2.45) is 0 Å². The molecule has 0 aliphatic carbocycles. The normalized spacial score (nSPS) is 10.7. The highest BCUT2D eigenvalue weighted by molar-refractivity contribution is 7.80. The van der Waals surface area contributed by atoms with Crippen LogP contribution in [0.4, 0.5) is 5.69 Å². The van der Waals surface area contributed by atoms with E-state index in [1.165, 1.54) is 0 Å². The molecule has 0 spiro atoms. The molecule has 72 valence electrons. The maximum Gasteiger partial charge on any atom is 0.126 e. The van der Waals surface area contributed by atoms with Gasteiger partial charge in [-0.2, -0.15) is 0 Å². The molecule has 0 bridgehead atoms. The molecule has 0 fully saturated rings. The molecule has 4 heteroatoms. The van der Waals surface area contributed by atoms with Crippen LogP contribution in [0.5, 0.6) is 5.75 Å². The van der Waals surface area contributed by atoms with Gasteiger partial charge in [-0.05, 0) is 29.7 Å². The average Bonchev–Trinajstić information content (AvgIpc) is 1.99. The fourth-order valence-electron chi connectivity index (χ4n) is 1.49. The maximum absolute atomic E-state index is 9.67. The van der Waals surface area contributed by atoms with E-state index in [2.05, 4.69) is 25.3 Å². The van der Waals surface area contributed by atoms with Crippen molar-refractivity contribution in [2.45, 2.75) is 9.79 Å². The lowest BCUT2D eigenvalue weighted by Crippen LogP contribution is -1.88. The number of benzene rings is 2. The van der Waals surface area contributed by atoms with Crippen molar-refractivity contribution in [1.82, 2.24) is 0 Å². The third-order valence-corrected chi connectivity index (χ3v) is 2.54. The van der Waals surface area contributed by atoms with Gasteiger partial charge in [-0.3, -0.25) is 0 Å². The predicted molar refractivity (Wildman–Crippen MR) is 64.5 cm³/mol.